The Morgan fingerprint density at radius 3 is 2.28 bits per heavy atom. The summed E-state index contributed by atoms with van der Waals surface area (Å²) >= 11 is 3.58. The molecule has 3 aromatic rings. The fourth-order valence-electron chi connectivity index (χ4n) is 4.61. The number of hydrogen-bond donors (Lipinski definition) is 2. The summed E-state index contributed by atoms with van der Waals surface area (Å²) in [6.07, 6.45) is 0. The first-order chi connectivity index (χ1) is 18.7. The first-order valence-corrected chi connectivity index (χ1v) is 14.1. The van der Waals surface area contributed by atoms with Gasteiger partial charge >= 0.3 is 0 Å². The van der Waals surface area contributed by atoms with Gasteiger partial charge in [0.05, 0.1) is 11.6 Å². The van der Waals surface area contributed by atoms with E-state index in [2.05, 4.69) is 91.0 Å². The summed E-state index contributed by atoms with van der Waals surface area (Å²) in [4.78, 5) is 17.1. The van der Waals surface area contributed by atoms with Gasteiger partial charge in [-0.15, -0.1) is 0 Å². The summed E-state index contributed by atoms with van der Waals surface area (Å²) in [6, 6.07) is 23.2. The quantitative estimate of drug-likeness (QED) is 0.314. The fourth-order valence-corrected chi connectivity index (χ4v) is 5.21. The summed E-state index contributed by atoms with van der Waals surface area (Å²) in [7, 11) is 1.60. The average Bonchev–Trinajstić information content (AvgIpc) is 2.91. The Labute approximate surface area is 240 Å². The molecule has 0 bridgehead atoms. The third-order valence-corrected chi connectivity index (χ3v) is 7.09. The van der Waals surface area contributed by atoms with Gasteiger partial charge in [0.25, 0.3) is 5.91 Å². The fraction of sp³-hybridized carbons (Fsp3) is 0.387. The van der Waals surface area contributed by atoms with Crippen molar-refractivity contribution in [3.63, 3.8) is 0 Å². The molecule has 39 heavy (non-hydrogen) atoms. The largest absolute Gasteiger partial charge is 0.493 e. The average molecular weight is 596 g/mol. The van der Waals surface area contributed by atoms with Gasteiger partial charge in [0.15, 0.2) is 18.1 Å². The lowest BCUT2D eigenvalue weighted by molar-refractivity contribution is -0.124. The lowest BCUT2D eigenvalue weighted by Crippen LogP contribution is -2.45. The molecule has 0 aliphatic carbocycles. The maximum Gasteiger partial charge on any atom is 0.258 e. The van der Waals surface area contributed by atoms with Crippen LogP contribution in [0.25, 0.3) is 0 Å². The van der Waals surface area contributed by atoms with E-state index in [9.17, 15) is 4.79 Å². The van der Waals surface area contributed by atoms with Gasteiger partial charge in [0.1, 0.15) is 0 Å². The van der Waals surface area contributed by atoms with Gasteiger partial charge < -0.3 is 25.0 Å². The molecule has 3 aromatic carbocycles. The predicted molar refractivity (Wildman–Crippen MR) is 162 cm³/mol. The van der Waals surface area contributed by atoms with E-state index in [1.165, 1.54) is 11.3 Å². The molecule has 7 nitrogen and oxygen atoms in total. The smallest absolute Gasteiger partial charge is 0.258 e. The van der Waals surface area contributed by atoms with Crippen molar-refractivity contribution in [3.05, 3.63) is 82.3 Å². The van der Waals surface area contributed by atoms with Gasteiger partial charge in [-0.25, -0.2) is 0 Å². The van der Waals surface area contributed by atoms with Gasteiger partial charge in [0, 0.05) is 56.2 Å². The number of piperazine rings is 1. The number of benzene rings is 3. The van der Waals surface area contributed by atoms with E-state index in [0.717, 1.165) is 48.4 Å². The lowest BCUT2D eigenvalue weighted by Gasteiger charge is -2.36. The summed E-state index contributed by atoms with van der Waals surface area (Å²) < 4.78 is 12.1. The minimum Gasteiger partial charge on any atom is -0.493 e. The van der Waals surface area contributed by atoms with Crippen LogP contribution in [0, 0.1) is 0 Å². The van der Waals surface area contributed by atoms with Crippen molar-refractivity contribution in [2.75, 3.05) is 50.1 Å². The van der Waals surface area contributed by atoms with Crippen molar-refractivity contribution in [3.8, 4) is 11.5 Å². The van der Waals surface area contributed by atoms with E-state index in [1.54, 1.807) is 7.11 Å². The topological polar surface area (TPSA) is 66.1 Å². The van der Waals surface area contributed by atoms with Crippen molar-refractivity contribution in [2.45, 2.75) is 39.4 Å². The number of methoxy groups -OCH3 is 1. The molecular weight excluding hydrogens is 556 g/mol. The number of nitrogens with one attached hydrogen (secondary N) is 2. The number of amides is 1. The number of anilines is 2. The second kappa shape index (κ2) is 13.2. The summed E-state index contributed by atoms with van der Waals surface area (Å²) in [6.45, 7) is 11.5. The van der Waals surface area contributed by atoms with Crippen LogP contribution in [-0.2, 0) is 17.9 Å². The minimum atomic E-state index is -0.313. The van der Waals surface area contributed by atoms with Crippen LogP contribution in [0.2, 0.25) is 0 Å². The van der Waals surface area contributed by atoms with Gasteiger partial charge in [-0.2, -0.15) is 0 Å². The minimum absolute atomic E-state index is 0.0851. The number of carbonyl (C=O) groups excluding carboxylic acids is 1. The van der Waals surface area contributed by atoms with E-state index in [1.807, 2.05) is 32.9 Å². The van der Waals surface area contributed by atoms with Crippen LogP contribution in [0.1, 0.15) is 31.9 Å². The van der Waals surface area contributed by atoms with Crippen LogP contribution in [0.15, 0.2) is 71.2 Å². The monoisotopic (exact) mass is 594 g/mol. The normalized spacial score (nSPS) is 14.1. The number of rotatable bonds is 10. The maximum atomic E-state index is 12.2. The molecule has 1 saturated heterocycles. The highest BCUT2D eigenvalue weighted by atomic mass is 79.9. The van der Waals surface area contributed by atoms with Crippen LogP contribution in [0.5, 0.6) is 11.5 Å². The zero-order valence-corrected chi connectivity index (χ0v) is 24.9. The molecule has 0 spiro atoms. The van der Waals surface area contributed by atoms with Gasteiger partial charge in [0.2, 0.25) is 0 Å². The van der Waals surface area contributed by atoms with E-state index in [4.69, 9.17) is 9.47 Å². The van der Waals surface area contributed by atoms with E-state index in [0.29, 0.717) is 18.0 Å². The number of carbonyl (C=O) groups is 1. The first-order valence-electron chi connectivity index (χ1n) is 13.4. The van der Waals surface area contributed by atoms with Crippen LogP contribution >= 0.6 is 15.9 Å². The van der Waals surface area contributed by atoms with E-state index in [-0.39, 0.29) is 18.1 Å². The number of ether oxygens (including phenoxy) is 2. The molecule has 2 N–H and O–H groups in total. The first kappa shape index (κ1) is 28.8. The summed E-state index contributed by atoms with van der Waals surface area (Å²) in [5.41, 5.74) is 4.39. The summed E-state index contributed by atoms with van der Waals surface area (Å²) in [5.74, 6) is 0.907. The van der Waals surface area contributed by atoms with Crippen molar-refractivity contribution in [2.24, 2.45) is 0 Å². The molecule has 0 aromatic heterocycles. The molecule has 1 aliphatic rings. The molecule has 1 aliphatic heterocycles. The van der Waals surface area contributed by atoms with Gasteiger partial charge in [-0.05, 0) is 84.2 Å². The van der Waals surface area contributed by atoms with Crippen LogP contribution < -0.4 is 25.0 Å². The second-order valence-electron chi connectivity index (χ2n) is 10.8. The molecule has 1 fully saturated rings. The second-order valence-corrected chi connectivity index (χ2v) is 11.7. The molecule has 0 atom stereocenters. The Morgan fingerprint density at radius 1 is 0.949 bits per heavy atom. The Balaban J connectivity index is 1.28. The number of halogens is 1. The Hall–Kier alpha value is -3.23. The zero-order chi connectivity index (χ0) is 27.8. The molecular formula is C31H39BrN4O3. The third-order valence-electron chi connectivity index (χ3n) is 6.50. The van der Waals surface area contributed by atoms with Crippen molar-refractivity contribution < 1.29 is 14.3 Å². The lowest BCUT2D eigenvalue weighted by atomic mass is 10.1. The SMILES string of the molecule is COc1cc(CNc2ccc(N3CCN(Cc4ccccc4)CC3)cc2)cc(Br)c1OCC(=O)NC(C)(C)C. The molecule has 208 valence electrons. The van der Waals surface area contributed by atoms with Crippen molar-refractivity contribution in [1.82, 2.24) is 10.2 Å². The standard InChI is InChI=1S/C31H39BrN4O3/c1-31(2,3)34-29(37)22-39-30-27(32)18-24(19-28(30)38-4)20-33-25-10-12-26(13-11-25)36-16-14-35(15-17-36)21-23-8-6-5-7-9-23/h5-13,18-19,33H,14-17,20-22H2,1-4H3,(H,34,37). The number of nitrogens with zero attached hydrogens (tertiary/aromatic N) is 2. The van der Waals surface area contributed by atoms with Crippen LogP contribution in [0.3, 0.4) is 0 Å². The van der Waals surface area contributed by atoms with E-state index >= 15 is 0 Å². The van der Waals surface area contributed by atoms with Crippen LogP contribution in [0.4, 0.5) is 11.4 Å². The highest BCUT2D eigenvalue weighted by molar-refractivity contribution is 9.10. The van der Waals surface area contributed by atoms with Crippen molar-refractivity contribution >= 4 is 33.2 Å². The summed E-state index contributed by atoms with van der Waals surface area (Å²) in [5, 5.41) is 6.39. The molecule has 0 unspecified atom stereocenters. The maximum absolute atomic E-state index is 12.2. The van der Waals surface area contributed by atoms with Gasteiger partial charge in [-0.3, -0.25) is 9.69 Å². The van der Waals surface area contributed by atoms with E-state index < -0.39 is 0 Å². The zero-order valence-electron chi connectivity index (χ0n) is 23.3. The Morgan fingerprint density at radius 2 is 1.64 bits per heavy atom. The molecule has 1 heterocycles. The Kier molecular flexibility index (Phi) is 9.75. The molecule has 4 rings (SSSR count). The molecule has 0 saturated carbocycles. The van der Waals surface area contributed by atoms with Crippen LogP contribution in [-0.4, -0.2) is 56.2 Å². The van der Waals surface area contributed by atoms with Crippen molar-refractivity contribution in [1.29, 1.82) is 0 Å². The highest BCUT2D eigenvalue weighted by Crippen LogP contribution is 2.37. The molecule has 0 radical (unpaired) electrons. The highest BCUT2D eigenvalue weighted by Gasteiger charge is 2.18. The Bertz CT molecular complexity index is 1220. The number of hydrogen-bond acceptors (Lipinski definition) is 6. The predicted octanol–water partition coefficient (Wildman–Crippen LogP) is 5.69. The molecule has 1 amide bonds. The van der Waals surface area contributed by atoms with Gasteiger partial charge in [-0.1, -0.05) is 30.3 Å². The molecule has 8 heteroatoms. The third kappa shape index (κ3) is 8.63.